The number of furan rings is 1. The molecule has 1 rings (SSSR count). The van der Waals surface area contributed by atoms with Crippen molar-refractivity contribution in [2.45, 2.75) is 60.0 Å². The molecule has 0 saturated carbocycles. The molecular formula is C20H38IN5O2. The molecule has 0 spiro atoms. The van der Waals surface area contributed by atoms with Crippen LogP contribution in [0.3, 0.4) is 0 Å². The smallest absolute Gasteiger partial charge is 0.287 e. The molecule has 0 aliphatic carbocycles. The van der Waals surface area contributed by atoms with Gasteiger partial charge < -0.3 is 20.4 Å². The SMILES string of the molecule is CCNC(=NCCCNC(=O)c1occc1C)NCCN(C(C)C)C(C)C.I. The fourth-order valence-electron chi connectivity index (χ4n) is 2.92. The summed E-state index contributed by atoms with van der Waals surface area (Å²) in [6, 6.07) is 2.83. The first-order chi connectivity index (χ1) is 12.9. The zero-order chi connectivity index (χ0) is 20.2. The molecule has 28 heavy (non-hydrogen) atoms. The third kappa shape index (κ3) is 9.77. The van der Waals surface area contributed by atoms with E-state index in [2.05, 4.69) is 60.5 Å². The highest BCUT2D eigenvalue weighted by molar-refractivity contribution is 14.0. The van der Waals surface area contributed by atoms with Crippen LogP contribution in [0.25, 0.3) is 0 Å². The number of nitrogens with one attached hydrogen (secondary N) is 3. The Bertz CT molecular complexity index is 579. The van der Waals surface area contributed by atoms with Crippen molar-refractivity contribution in [1.29, 1.82) is 0 Å². The van der Waals surface area contributed by atoms with Gasteiger partial charge in [-0.1, -0.05) is 0 Å². The van der Waals surface area contributed by atoms with Crippen LogP contribution in [0.2, 0.25) is 0 Å². The van der Waals surface area contributed by atoms with E-state index in [0.717, 1.165) is 37.6 Å². The summed E-state index contributed by atoms with van der Waals surface area (Å²) in [7, 11) is 0. The second kappa shape index (κ2) is 14.7. The lowest BCUT2D eigenvalue weighted by Gasteiger charge is -2.30. The second-order valence-corrected chi connectivity index (χ2v) is 7.15. The summed E-state index contributed by atoms with van der Waals surface area (Å²) in [5.74, 6) is 1.03. The van der Waals surface area contributed by atoms with E-state index in [9.17, 15) is 4.79 Å². The van der Waals surface area contributed by atoms with Crippen molar-refractivity contribution in [2.75, 3.05) is 32.7 Å². The highest BCUT2D eigenvalue weighted by atomic mass is 127. The average molecular weight is 507 g/mol. The van der Waals surface area contributed by atoms with Crippen molar-refractivity contribution in [3.8, 4) is 0 Å². The van der Waals surface area contributed by atoms with Crippen LogP contribution in [-0.2, 0) is 0 Å². The van der Waals surface area contributed by atoms with Crippen LogP contribution in [0.1, 0.15) is 57.2 Å². The van der Waals surface area contributed by atoms with Crippen LogP contribution < -0.4 is 16.0 Å². The first-order valence-electron chi connectivity index (χ1n) is 9.97. The molecule has 1 heterocycles. The van der Waals surface area contributed by atoms with E-state index >= 15 is 0 Å². The predicted molar refractivity (Wildman–Crippen MR) is 127 cm³/mol. The van der Waals surface area contributed by atoms with Gasteiger partial charge in [-0.15, -0.1) is 24.0 Å². The topological polar surface area (TPSA) is 81.9 Å². The number of amides is 1. The van der Waals surface area contributed by atoms with E-state index in [1.54, 1.807) is 6.07 Å². The average Bonchev–Trinajstić information content (AvgIpc) is 3.03. The lowest BCUT2D eigenvalue weighted by Crippen LogP contribution is -2.45. The third-order valence-corrected chi connectivity index (χ3v) is 4.29. The molecule has 0 saturated heterocycles. The Balaban J connectivity index is 0.00000729. The van der Waals surface area contributed by atoms with Crippen molar-refractivity contribution >= 4 is 35.8 Å². The number of halogens is 1. The zero-order valence-corrected chi connectivity index (χ0v) is 20.5. The Hall–Kier alpha value is -1.29. The lowest BCUT2D eigenvalue weighted by molar-refractivity contribution is 0.0925. The van der Waals surface area contributed by atoms with E-state index in [0.29, 0.717) is 30.9 Å². The van der Waals surface area contributed by atoms with Gasteiger partial charge in [-0.3, -0.25) is 14.7 Å². The summed E-state index contributed by atoms with van der Waals surface area (Å²) in [6.45, 7) is 16.6. The zero-order valence-electron chi connectivity index (χ0n) is 18.2. The molecule has 162 valence electrons. The summed E-state index contributed by atoms with van der Waals surface area (Å²) in [6.07, 6.45) is 2.30. The van der Waals surface area contributed by atoms with Gasteiger partial charge in [-0.05, 0) is 54.0 Å². The maximum absolute atomic E-state index is 12.0. The van der Waals surface area contributed by atoms with Crippen LogP contribution >= 0.6 is 24.0 Å². The number of guanidine groups is 1. The van der Waals surface area contributed by atoms with Crippen LogP contribution in [-0.4, -0.2) is 61.6 Å². The fraction of sp³-hybridized carbons (Fsp3) is 0.700. The van der Waals surface area contributed by atoms with Gasteiger partial charge in [-0.25, -0.2) is 0 Å². The molecule has 0 aliphatic rings. The fourth-order valence-corrected chi connectivity index (χ4v) is 2.92. The quantitative estimate of drug-likeness (QED) is 0.186. The number of carbonyl (C=O) groups excluding carboxylic acids is 1. The summed E-state index contributed by atoms with van der Waals surface area (Å²) < 4.78 is 5.19. The van der Waals surface area contributed by atoms with Crippen LogP contribution in [0.4, 0.5) is 0 Å². The van der Waals surface area contributed by atoms with Crippen LogP contribution in [0.5, 0.6) is 0 Å². The number of hydrogen-bond acceptors (Lipinski definition) is 4. The predicted octanol–water partition coefficient (Wildman–Crippen LogP) is 3.00. The van der Waals surface area contributed by atoms with E-state index in [-0.39, 0.29) is 29.9 Å². The van der Waals surface area contributed by atoms with Gasteiger partial charge in [0.05, 0.1) is 6.26 Å². The highest BCUT2D eigenvalue weighted by Crippen LogP contribution is 2.07. The summed E-state index contributed by atoms with van der Waals surface area (Å²) in [5, 5.41) is 9.51. The molecule has 0 atom stereocenters. The molecule has 0 unspecified atom stereocenters. The minimum atomic E-state index is -0.172. The van der Waals surface area contributed by atoms with Gasteiger partial charge in [-0.2, -0.15) is 0 Å². The van der Waals surface area contributed by atoms with Gasteiger partial charge in [0, 0.05) is 50.4 Å². The van der Waals surface area contributed by atoms with Gasteiger partial charge in [0.25, 0.3) is 5.91 Å². The Morgan fingerprint density at radius 3 is 2.36 bits per heavy atom. The van der Waals surface area contributed by atoms with Gasteiger partial charge >= 0.3 is 0 Å². The summed E-state index contributed by atoms with van der Waals surface area (Å²) in [5.41, 5.74) is 0.848. The molecule has 0 bridgehead atoms. The lowest BCUT2D eigenvalue weighted by atomic mass is 10.2. The largest absolute Gasteiger partial charge is 0.459 e. The summed E-state index contributed by atoms with van der Waals surface area (Å²) in [4.78, 5) is 19.0. The Labute approximate surface area is 187 Å². The van der Waals surface area contributed by atoms with Crippen molar-refractivity contribution in [1.82, 2.24) is 20.9 Å². The van der Waals surface area contributed by atoms with E-state index in [1.807, 2.05) is 6.92 Å². The maximum Gasteiger partial charge on any atom is 0.287 e. The minimum Gasteiger partial charge on any atom is -0.459 e. The minimum absolute atomic E-state index is 0. The molecule has 0 aliphatic heterocycles. The molecule has 0 aromatic carbocycles. The molecule has 0 radical (unpaired) electrons. The van der Waals surface area contributed by atoms with Crippen molar-refractivity contribution in [2.24, 2.45) is 4.99 Å². The van der Waals surface area contributed by atoms with Crippen LogP contribution in [0.15, 0.2) is 21.7 Å². The van der Waals surface area contributed by atoms with Crippen molar-refractivity contribution in [3.63, 3.8) is 0 Å². The van der Waals surface area contributed by atoms with E-state index < -0.39 is 0 Å². The third-order valence-electron chi connectivity index (χ3n) is 4.29. The van der Waals surface area contributed by atoms with Crippen molar-refractivity contribution < 1.29 is 9.21 Å². The maximum atomic E-state index is 12.0. The molecule has 1 amide bonds. The first kappa shape index (κ1) is 26.7. The molecular weight excluding hydrogens is 469 g/mol. The highest BCUT2D eigenvalue weighted by Gasteiger charge is 2.13. The first-order valence-corrected chi connectivity index (χ1v) is 9.97. The number of aliphatic imine (C=N–C) groups is 1. The van der Waals surface area contributed by atoms with Gasteiger partial charge in [0.1, 0.15) is 0 Å². The number of carbonyl (C=O) groups is 1. The number of hydrogen-bond donors (Lipinski definition) is 3. The van der Waals surface area contributed by atoms with E-state index in [1.165, 1.54) is 6.26 Å². The van der Waals surface area contributed by atoms with Gasteiger partial charge in [0.2, 0.25) is 0 Å². The number of rotatable bonds is 11. The molecule has 8 heteroatoms. The standard InChI is InChI=1S/C20H37N5O2.HI/c1-7-21-20(24-12-13-25(15(2)3)16(4)5)23-11-8-10-22-19(26)18-17(6)9-14-27-18;/h9,14-16H,7-8,10-13H2,1-6H3,(H,22,26)(H2,21,23,24);1H. The Morgan fingerprint density at radius 2 is 1.82 bits per heavy atom. The molecule has 1 aromatic rings. The Morgan fingerprint density at radius 1 is 1.14 bits per heavy atom. The van der Waals surface area contributed by atoms with Gasteiger partial charge in [0.15, 0.2) is 11.7 Å². The molecule has 0 fully saturated rings. The molecule has 1 aromatic heterocycles. The van der Waals surface area contributed by atoms with Crippen LogP contribution in [0, 0.1) is 6.92 Å². The molecule has 7 nitrogen and oxygen atoms in total. The van der Waals surface area contributed by atoms with E-state index in [4.69, 9.17) is 4.42 Å². The second-order valence-electron chi connectivity index (χ2n) is 7.15. The monoisotopic (exact) mass is 507 g/mol. The normalized spacial score (nSPS) is 11.7. The number of aryl methyl sites for hydroxylation is 1. The Kier molecular flexibility index (Phi) is 14.0. The number of nitrogens with zero attached hydrogens (tertiary/aromatic N) is 2. The molecule has 3 N–H and O–H groups in total. The summed E-state index contributed by atoms with van der Waals surface area (Å²) >= 11 is 0. The van der Waals surface area contributed by atoms with Crippen molar-refractivity contribution in [3.05, 3.63) is 23.7 Å².